The zero-order valence-corrected chi connectivity index (χ0v) is 18.0. The van der Waals surface area contributed by atoms with E-state index in [1.54, 1.807) is 24.2 Å². The molecule has 1 aromatic carbocycles. The molecule has 0 radical (unpaired) electrons. The van der Waals surface area contributed by atoms with E-state index in [1.165, 1.54) is 0 Å². The summed E-state index contributed by atoms with van der Waals surface area (Å²) in [6, 6.07) is 1.76. The summed E-state index contributed by atoms with van der Waals surface area (Å²) in [4.78, 5) is 37.7. The van der Waals surface area contributed by atoms with Gasteiger partial charge in [-0.3, -0.25) is 14.4 Å². The van der Waals surface area contributed by atoms with Crippen molar-refractivity contribution in [2.45, 2.75) is 65.0 Å². The second kappa shape index (κ2) is 8.50. The van der Waals surface area contributed by atoms with Crippen LogP contribution in [0.25, 0.3) is 0 Å². The van der Waals surface area contributed by atoms with Gasteiger partial charge in [-0.15, -0.1) is 0 Å². The van der Waals surface area contributed by atoms with Crippen LogP contribution in [0.2, 0.25) is 0 Å². The van der Waals surface area contributed by atoms with Crippen LogP contribution in [-0.2, 0) is 22.6 Å². The second-order valence-electron chi connectivity index (χ2n) is 8.55. The van der Waals surface area contributed by atoms with E-state index in [0.717, 1.165) is 16.7 Å². The van der Waals surface area contributed by atoms with Crippen LogP contribution >= 0.6 is 0 Å². The standard InChI is InChI=1S/C23H29NO6/c1-14(2)10-15(25)12-23(3)8-7-16-19(29-4)11-17-18(21(16)30-23)13-24(22(17)28)9-5-6-20(26)27/h10-11H,5-9,12-13H2,1-4H3,(H,26,27). The molecule has 2 heterocycles. The topological polar surface area (TPSA) is 93.1 Å². The van der Waals surface area contributed by atoms with Gasteiger partial charge in [0.2, 0.25) is 0 Å². The van der Waals surface area contributed by atoms with Gasteiger partial charge in [-0.05, 0) is 52.2 Å². The molecule has 0 aliphatic carbocycles. The highest BCUT2D eigenvalue weighted by molar-refractivity contribution is 6.00. The SMILES string of the molecule is COc1cc2c(c3c1CCC(C)(CC(=O)C=C(C)C)O3)CN(CCCC(=O)O)C2=O. The Balaban J connectivity index is 1.89. The van der Waals surface area contributed by atoms with Crippen molar-refractivity contribution < 1.29 is 29.0 Å². The summed E-state index contributed by atoms with van der Waals surface area (Å²) in [5.74, 6) is 0.248. The van der Waals surface area contributed by atoms with Gasteiger partial charge in [0.15, 0.2) is 5.78 Å². The molecule has 0 bridgehead atoms. The number of carbonyl (C=O) groups excluding carboxylic acids is 2. The maximum absolute atomic E-state index is 12.9. The number of ether oxygens (including phenoxy) is 2. The Morgan fingerprint density at radius 1 is 1.33 bits per heavy atom. The van der Waals surface area contributed by atoms with Crippen LogP contribution in [0.4, 0.5) is 0 Å². The van der Waals surface area contributed by atoms with Crippen LogP contribution in [0, 0.1) is 0 Å². The minimum Gasteiger partial charge on any atom is -0.496 e. The number of hydrogen-bond donors (Lipinski definition) is 1. The zero-order valence-electron chi connectivity index (χ0n) is 18.0. The number of allylic oxidation sites excluding steroid dienone is 2. The van der Waals surface area contributed by atoms with E-state index >= 15 is 0 Å². The minimum absolute atomic E-state index is 0.0165. The summed E-state index contributed by atoms with van der Waals surface area (Å²) in [5.41, 5.74) is 2.54. The molecule has 1 amide bonds. The van der Waals surface area contributed by atoms with Crippen LogP contribution in [0.1, 0.15) is 67.9 Å². The molecule has 7 heteroatoms. The van der Waals surface area contributed by atoms with Crippen molar-refractivity contribution in [3.63, 3.8) is 0 Å². The molecule has 1 N–H and O–H groups in total. The van der Waals surface area contributed by atoms with Gasteiger partial charge >= 0.3 is 5.97 Å². The fourth-order valence-electron chi connectivity index (χ4n) is 4.20. The van der Waals surface area contributed by atoms with Gasteiger partial charge < -0.3 is 19.5 Å². The molecule has 1 aromatic rings. The van der Waals surface area contributed by atoms with Gasteiger partial charge in [-0.25, -0.2) is 0 Å². The molecule has 7 nitrogen and oxygen atoms in total. The fraction of sp³-hybridized carbons (Fsp3) is 0.522. The molecule has 0 fully saturated rings. The predicted molar refractivity (Wildman–Crippen MR) is 111 cm³/mol. The normalized spacial score (nSPS) is 19.6. The number of fused-ring (bicyclic) bond motifs is 3. The monoisotopic (exact) mass is 415 g/mol. The number of hydrogen-bond acceptors (Lipinski definition) is 5. The number of benzene rings is 1. The summed E-state index contributed by atoms with van der Waals surface area (Å²) in [6.07, 6.45) is 3.67. The first-order chi connectivity index (χ1) is 14.1. The first-order valence-corrected chi connectivity index (χ1v) is 10.2. The molecule has 0 saturated heterocycles. The summed E-state index contributed by atoms with van der Waals surface area (Å²) in [5, 5.41) is 8.87. The number of ketones is 1. The van der Waals surface area contributed by atoms with Crippen LogP contribution in [-0.4, -0.2) is 46.9 Å². The van der Waals surface area contributed by atoms with Crippen molar-refractivity contribution in [3.05, 3.63) is 34.4 Å². The van der Waals surface area contributed by atoms with E-state index in [9.17, 15) is 14.4 Å². The Morgan fingerprint density at radius 3 is 2.70 bits per heavy atom. The number of nitrogens with zero attached hydrogens (tertiary/aromatic N) is 1. The van der Waals surface area contributed by atoms with Gasteiger partial charge in [0.05, 0.1) is 19.2 Å². The number of rotatable bonds is 8. The first-order valence-electron chi connectivity index (χ1n) is 10.2. The third-order valence-electron chi connectivity index (χ3n) is 5.60. The zero-order chi connectivity index (χ0) is 22.1. The van der Waals surface area contributed by atoms with Crippen LogP contribution in [0.15, 0.2) is 17.7 Å². The predicted octanol–water partition coefficient (Wildman–Crippen LogP) is 3.52. The van der Waals surface area contributed by atoms with Gasteiger partial charge in [0.25, 0.3) is 5.91 Å². The summed E-state index contributed by atoms with van der Waals surface area (Å²) < 4.78 is 11.9. The van der Waals surface area contributed by atoms with Crippen molar-refractivity contribution in [3.8, 4) is 11.5 Å². The van der Waals surface area contributed by atoms with Crippen LogP contribution in [0.5, 0.6) is 11.5 Å². The Kier molecular flexibility index (Phi) is 6.19. The van der Waals surface area contributed by atoms with Crippen molar-refractivity contribution in [2.24, 2.45) is 0 Å². The van der Waals surface area contributed by atoms with Crippen LogP contribution in [0.3, 0.4) is 0 Å². The lowest BCUT2D eigenvalue weighted by molar-refractivity contribution is -0.137. The molecule has 1 unspecified atom stereocenters. The van der Waals surface area contributed by atoms with Crippen molar-refractivity contribution >= 4 is 17.7 Å². The molecule has 3 rings (SSSR count). The van der Waals surface area contributed by atoms with Crippen molar-refractivity contribution in [1.29, 1.82) is 0 Å². The number of amides is 1. The second-order valence-corrected chi connectivity index (χ2v) is 8.55. The van der Waals surface area contributed by atoms with E-state index in [1.807, 2.05) is 20.8 Å². The smallest absolute Gasteiger partial charge is 0.303 e. The molecule has 2 aliphatic heterocycles. The number of carboxylic acid groups (broad SMARTS) is 1. The molecular formula is C23H29NO6. The van der Waals surface area contributed by atoms with Crippen molar-refractivity contribution in [1.82, 2.24) is 4.90 Å². The van der Waals surface area contributed by atoms with E-state index < -0.39 is 11.6 Å². The number of methoxy groups -OCH3 is 1. The Labute approximate surface area is 176 Å². The summed E-state index contributed by atoms with van der Waals surface area (Å²) in [6.45, 7) is 6.45. The lowest BCUT2D eigenvalue weighted by atomic mass is 9.86. The molecule has 1 atom stereocenters. The van der Waals surface area contributed by atoms with E-state index in [4.69, 9.17) is 14.6 Å². The van der Waals surface area contributed by atoms with E-state index in [2.05, 4.69) is 0 Å². The average Bonchev–Trinajstić information content (AvgIpc) is 2.95. The molecule has 0 spiro atoms. The highest BCUT2D eigenvalue weighted by atomic mass is 16.5. The van der Waals surface area contributed by atoms with Crippen molar-refractivity contribution in [2.75, 3.05) is 13.7 Å². The maximum Gasteiger partial charge on any atom is 0.303 e. The lowest BCUT2D eigenvalue weighted by Crippen LogP contribution is -2.39. The first kappa shape index (κ1) is 21.9. The number of carbonyl (C=O) groups is 3. The highest BCUT2D eigenvalue weighted by Gasteiger charge is 2.40. The highest BCUT2D eigenvalue weighted by Crippen LogP contribution is 2.46. The van der Waals surface area contributed by atoms with E-state index in [0.29, 0.717) is 49.4 Å². The molecule has 162 valence electrons. The Bertz CT molecular complexity index is 915. The summed E-state index contributed by atoms with van der Waals surface area (Å²) >= 11 is 0. The molecule has 30 heavy (non-hydrogen) atoms. The van der Waals surface area contributed by atoms with Crippen LogP contribution < -0.4 is 9.47 Å². The Hall–Kier alpha value is -2.83. The van der Waals surface area contributed by atoms with Gasteiger partial charge in [-0.1, -0.05) is 5.57 Å². The number of aliphatic carboxylic acids is 1. The average molecular weight is 415 g/mol. The lowest BCUT2D eigenvalue weighted by Gasteiger charge is -2.36. The van der Waals surface area contributed by atoms with Gasteiger partial charge in [-0.2, -0.15) is 0 Å². The molecule has 0 saturated carbocycles. The van der Waals surface area contributed by atoms with E-state index in [-0.39, 0.29) is 24.5 Å². The molecular weight excluding hydrogens is 386 g/mol. The maximum atomic E-state index is 12.9. The minimum atomic E-state index is -0.877. The largest absolute Gasteiger partial charge is 0.496 e. The third kappa shape index (κ3) is 4.50. The molecule has 2 aliphatic rings. The summed E-state index contributed by atoms with van der Waals surface area (Å²) in [7, 11) is 1.57. The van der Waals surface area contributed by atoms with Gasteiger partial charge in [0, 0.05) is 30.5 Å². The van der Waals surface area contributed by atoms with Gasteiger partial charge in [0.1, 0.15) is 17.1 Å². The molecule has 0 aromatic heterocycles. The quantitative estimate of drug-likeness (QED) is 0.653. The Morgan fingerprint density at radius 2 is 2.07 bits per heavy atom. The fourth-order valence-corrected chi connectivity index (χ4v) is 4.20. The third-order valence-corrected chi connectivity index (χ3v) is 5.60. The number of carboxylic acids is 1.